The minimum absolute atomic E-state index is 0.0350. The molecule has 0 bridgehead atoms. The number of carboxylic acids is 2. The van der Waals surface area contributed by atoms with E-state index in [-0.39, 0.29) is 16.6 Å². The van der Waals surface area contributed by atoms with Crippen molar-refractivity contribution < 1.29 is 38.8 Å². The third kappa shape index (κ3) is 10.6. The van der Waals surface area contributed by atoms with Gasteiger partial charge in [-0.25, -0.2) is 9.59 Å². The first-order valence-electron chi connectivity index (χ1n) is 16.7. The van der Waals surface area contributed by atoms with Gasteiger partial charge < -0.3 is 34.1 Å². The van der Waals surface area contributed by atoms with Gasteiger partial charge in [0.2, 0.25) is 0 Å². The topological polar surface area (TPSA) is 147 Å². The van der Waals surface area contributed by atoms with Crippen molar-refractivity contribution in [2.24, 2.45) is 0 Å². The molecule has 3 aromatic carbocycles. The summed E-state index contributed by atoms with van der Waals surface area (Å²) in [7, 11) is 2.22. The molecule has 3 N–H and O–H groups in total. The summed E-state index contributed by atoms with van der Waals surface area (Å²) < 4.78 is 17.6. The lowest BCUT2D eigenvalue weighted by atomic mass is 9.88. The second kappa shape index (κ2) is 17.8. The highest BCUT2D eigenvalue weighted by atomic mass is 35.5. The zero-order chi connectivity index (χ0) is 37.1. The largest absolute Gasteiger partial charge is 0.507 e. The number of ether oxygens (including phenoxy) is 2. The molecule has 6 rings (SSSR count). The molecule has 2 aliphatic heterocycles. The van der Waals surface area contributed by atoms with Gasteiger partial charge in [-0.05, 0) is 88.9 Å². The number of likely N-dealkylation sites (tertiary alicyclic amines) is 1. The maximum absolute atomic E-state index is 12.0. The van der Waals surface area contributed by atoms with Crippen LogP contribution in [0.2, 0.25) is 5.02 Å². The lowest BCUT2D eigenvalue weighted by Crippen LogP contribution is -2.31. The molecule has 1 saturated heterocycles. The molecule has 0 spiro atoms. The van der Waals surface area contributed by atoms with E-state index in [1.165, 1.54) is 31.0 Å². The Bertz CT molecular complexity index is 1920. The summed E-state index contributed by atoms with van der Waals surface area (Å²) in [5.41, 5.74) is 3.72. The predicted molar refractivity (Wildman–Crippen MR) is 197 cm³/mol. The molecule has 0 saturated carbocycles. The van der Waals surface area contributed by atoms with E-state index < -0.39 is 17.5 Å². The first kappa shape index (κ1) is 38.9. The number of hydrogen-bond donors (Lipinski definition) is 3. The Morgan fingerprint density at radius 3 is 2.27 bits per heavy atom. The van der Waals surface area contributed by atoms with Crippen LogP contribution in [0.1, 0.15) is 55.6 Å². The minimum Gasteiger partial charge on any atom is -0.507 e. The van der Waals surface area contributed by atoms with Gasteiger partial charge in [-0.1, -0.05) is 60.1 Å². The highest BCUT2D eigenvalue weighted by Gasteiger charge is 2.31. The quantitative estimate of drug-likeness (QED) is 0.124. The molecular weight excluding hydrogens is 674 g/mol. The first-order valence-corrected chi connectivity index (χ1v) is 17.0. The second-order valence-electron chi connectivity index (χ2n) is 12.7. The van der Waals surface area contributed by atoms with Crippen molar-refractivity contribution in [2.75, 3.05) is 26.8 Å². The van der Waals surface area contributed by atoms with Gasteiger partial charge in [0.05, 0.1) is 0 Å². The summed E-state index contributed by atoms with van der Waals surface area (Å²) in [6, 6.07) is 22.2. The number of aliphatic carboxylic acids is 2. The zero-order valence-electron chi connectivity index (χ0n) is 29.2. The fraction of sp³-hybridized carbons (Fsp3) is 0.325. The van der Waals surface area contributed by atoms with Crippen molar-refractivity contribution in [3.8, 4) is 11.5 Å². The summed E-state index contributed by atoms with van der Waals surface area (Å²) in [6.45, 7) is 8.27. The molecule has 51 heavy (non-hydrogen) atoms. The van der Waals surface area contributed by atoms with Crippen molar-refractivity contribution in [1.82, 2.24) is 4.90 Å². The van der Waals surface area contributed by atoms with Crippen LogP contribution < -0.4 is 10.2 Å². The van der Waals surface area contributed by atoms with E-state index in [1.54, 1.807) is 13.0 Å². The van der Waals surface area contributed by atoms with Crippen LogP contribution in [0, 0.1) is 6.92 Å². The average Bonchev–Trinajstić information content (AvgIpc) is 3.40. The molecule has 4 aromatic rings. The lowest BCUT2D eigenvalue weighted by Gasteiger charge is -2.32. The third-order valence-corrected chi connectivity index (χ3v) is 9.14. The fourth-order valence-corrected chi connectivity index (χ4v) is 6.16. The van der Waals surface area contributed by atoms with Crippen LogP contribution in [0.3, 0.4) is 0 Å². The number of phenolic OH excluding ortho intramolecular Hbond substituents is 1. The zero-order valence-corrected chi connectivity index (χ0v) is 30.0. The van der Waals surface area contributed by atoms with Gasteiger partial charge in [-0.3, -0.25) is 4.79 Å². The molecule has 11 heteroatoms. The third-order valence-electron chi connectivity index (χ3n) is 8.89. The molecule has 1 fully saturated rings. The number of phenols is 1. The van der Waals surface area contributed by atoms with E-state index in [4.69, 9.17) is 35.7 Å². The van der Waals surface area contributed by atoms with Crippen molar-refractivity contribution in [2.45, 2.75) is 58.1 Å². The monoisotopic (exact) mass is 717 g/mol. The average molecular weight is 718 g/mol. The van der Waals surface area contributed by atoms with Crippen molar-refractivity contribution >= 4 is 34.5 Å². The molecule has 1 aromatic heterocycles. The number of aromatic hydroxyl groups is 1. The smallest absolute Gasteiger partial charge is 0.328 e. The Kier molecular flexibility index (Phi) is 13.6. The Balaban J connectivity index is 0.000000192. The summed E-state index contributed by atoms with van der Waals surface area (Å²) in [4.78, 5) is 33.5. The number of allylic oxidation sites excluding steroid dienone is 1. The van der Waals surface area contributed by atoms with Crippen molar-refractivity contribution in [1.29, 1.82) is 0 Å². The van der Waals surface area contributed by atoms with E-state index in [1.807, 2.05) is 31.2 Å². The Morgan fingerprint density at radius 1 is 1.02 bits per heavy atom. The SMILES string of the molecule is CC1=CCc2c(cc3oc(C)cc(=O)c3c2O)OC1.CN1CCCC1CCOC(C)(c1ccccc1)c1ccc(Cl)cc1.O=C(O)C=CC(=O)O. The fourth-order valence-electron chi connectivity index (χ4n) is 6.04. The Hall–Kier alpha value is -4.90. The summed E-state index contributed by atoms with van der Waals surface area (Å²) in [5.74, 6) is -1.46. The van der Waals surface area contributed by atoms with Crippen LogP contribution in [0.5, 0.6) is 11.5 Å². The highest BCUT2D eigenvalue weighted by molar-refractivity contribution is 6.30. The summed E-state index contributed by atoms with van der Waals surface area (Å²) in [6.07, 6.45) is 7.32. The number of carbonyl (C=O) groups is 2. The normalized spacial score (nSPS) is 16.7. The molecule has 10 nitrogen and oxygen atoms in total. The maximum atomic E-state index is 12.0. The van der Waals surface area contributed by atoms with Crippen LogP contribution in [-0.4, -0.2) is 65.0 Å². The molecule has 270 valence electrons. The molecular formula is C40H44ClNO9. The minimum atomic E-state index is -1.26. The molecule has 0 amide bonds. The number of benzene rings is 3. The van der Waals surface area contributed by atoms with Gasteiger partial charge in [0.25, 0.3) is 0 Å². The van der Waals surface area contributed by atoms with Crippen molar-refractivity contribution in [3.05, 3.63) is 128 Å². The maximum Gasteiger partial charge on any atom is 0.328 e. The van der Waals surface area contributed by atoms with Crippen LogP contribution in [0.15, 0.2) is 99.7 Å². The molecule has 0 radical (unpaired) electrons. The first-order chi connectivity index (χ1) is 24.3. The van der Waals surface area contributed by atoms with E-state index >= 15 is 0 Å². The van der Waals surface area contributed by atoms with Gasteiger partial charge >= 0.3 is 11.9 Å². The molecule has 3 heterocycles. The van der Waals surface area contributed by atoms with Crippen LogP contribution in [0.4, 0.5) is 0 Å². The van der Waals surface area contributed by atoms with Gasteiger partial charge in [0.15, 0.2) is 5.43 Å². The number of hydrogen-bond acceptors (Lipinski definition) is 8. The van der Waals surface area contributed by atoms with Gasteiger partial charge in [0.1, 0.15) is 40.4 Å². The number of halogens is 1. The predicted octanol–water partition coefficient (Wildman–Crippen LogP) is 7.50. The van der Waals surface area contributed by atoms with E-state index in [0.29, 0.717) is 53.9 Å². The van der Waals surface area contributed by atoms with Gasteiger partial charge in [-0.15, -0.1) is 0 Å². The molecule has 2 unspecified atom stereocenters. The molecule has 2 aliphatic rings. The van der Waals surface area contributed by atoms with Crippen LogP contribution in [-0.2, 0) is 26.3 Å². The number of fused-ring (bicyclic) bond motifs is 2. The molecule has 0 aliphatic carbocycles. The van der Waals surface area contributed by atoms with Crippen LogP contribution in [0.25, 0.3) is 11.0 Å². The number of aryl methyl sites for hydroxylation is 1. The van der Waals surface area contributed by atoms with E-state index in [9.17, 15) is 19.5 Å². The summed E-state index contributed by atoms with van der Waals surface area (Å²) in [5, 5.41) is 26.9. The lowest BCUT2D eigenvalue weighted by molar-refractivity contribution is -0.134. The van der Waals surface area contributed by atoms with Crippen molar-refractivity contribution in [3.63, 3.8) is 0 Å². The van der Waals surface area contributed by atoms with E-state index in [0.717, 1.165) is 29.2 Å². The molecule has 2 atom stereocenters. The number of carboxylic acid groups (broad SMARTS) is 2. The number of rotatable bonds is 8. The van der Waals surface area contributed by atoms with E-state index in [2.05, 4.69) is 55.3 Å². The Labute approximate surface area is 302 Å². The van der Waals surface area contributed by atoms with Gasteiger partial charge in [-0.2, -0.15) is 0 Å². The van der Waals surface area contributed by atoms with Crippen LogP contribution >= 0.6 is 11.6 Å². The van der Waals surface area contributed by atoms with Gasteiger partial charge in [0, 0.05) is 47.5 Å². The number of nitrogens with zero attached hydrogens (tertiary/aromatic N) is 1. The Morgan fingerprint density at radius 2 is 1.67 bits per heavy atom. The summed E-state index contributed by atoms with van der Waals surface area (Å²) >= 11 is 6.07. The standard InChI is InChI=1S/C21H26ClNO.C15H14O4.C4H4O4/c1-21(17-7-4-3-5-8-17,18-10-12-19(22)13-11-18)24-16-14-20-9-6-15-23(20)2;1-8-3-4-10-12(18-7-8)6-13-14(15(10)17)11(16)5-9(2)19-13;5-3(6)1-2-4(7)8/h3-5,7-8,10-13,20H,6,9,14-16H2,1-2H3;3,5-6,17H,4,7H2,1-2H3;1-2H,(H,5,6)(H,7,8). The highest BCUT2D eigenvalue weighted by Crippen LogP contribution is 2.37. The second-order valence-corrected chi connectivity index (χ2v) is 13.1.